The molecule has 3 rings (SSSR count). The molecule has 1 saturated heterocycles. The molecule has 9 heteroatoms. The molecule has 0 aromatic heterocycles. The Hall–Kier alpha value is -3.23. The summed E-state index contributed by atoms with van der Waals surface area (Å²) < 4.78 is 20.3. The van der Waals surface area contributed by atoms with Crippen LogP contribution >= 0.6 is 0 Å². The molecule has 1 N–H and O–H groups in total. The summed E-state index contributed by atoms with van der Waals surface area (Å²) in [7, 11) is 2.66. The van der Waals surface area contributed by atoms with Gasteiger partial charge in [0.15, 0.2) is 11.5 Å². The first-order valence-electron chi connectivity index (χ1n) is 6.92. The van der Waals surface area contributed by atoms with Crippen LogP contribution in [0.1, 0.15) is 5.56 Å². The zero-order chi connectivity index (χ0) is 17.3. The van der Waals surface area contributed by atoms with Crippen molar-refractivity contribution in [2.24, 2.45) is 0 Å². The summed E-state index contributed by atoms with van der Waals surface area (Å²) in [6.45, 7) is -0.378. The Morgan fingerprint density at radius 1 is 1.33 bits per heavy atom. The molecule has 0 bridgehead atoms. The van der Waals surface area contributed by atoms with E-state index in [2.05, 4.69) is 10.1 Å². The molecule has 0 saturated carbocycles. The van der Waals surface area contributed by atoms with Crippen LogP contribution in [0.3, 0.4) is 0 Å². The van der Waals surface area contributed by atoms with E-state index < -0.39 is 24.5 Å². The van der Waals surface area contributed by atoms with Gasteiger partial charge in [0.05, 0.1) is 14.2 Å². The molecular weight excluding hydrogens is 320 g/mol. The van der Waals surface area contributed by atoms with Gasteiger partial charge in [0, 0.05) is 0 Å². The maximum atomic E-state index is 12.2. The fourth-order valence-corrected chi connectivity index (χ4v) is 2.31. The summed E-state index contributed by atoms with van der Waals surface area (Å²) in [5.41, 5.74) is 0.601. The van der Waals surface area contributed by atoms with Gasteiger partial charge in [-0.1, -0.05) is 0 Å². The number of ether oxygens (including phenoxy) is 4. The first-order valence-corrected chi connectivity index (χ1v) is 6.92. The van der Waals surface area contributed by atoms with E-state index in [0.717, 1.165) is 4.90 Å². The summed E-state index contributed by atoms with van der Waals surface area (Å²) >= 11 is 0. The molecule has 2 aliphatic heterocycles. The zero-order valence-electron chi connectivity index (χ0n) is 13.0. The molecule has 24 heavy (non-hydrogen) atoms. The molecule has 1 aromatic rings. The number of nitrogens with zero attached hydrogens (tertiary/aromatic N) is 1. The van der Waals surface area contributed by atoms with Crippen LogP contribution in [0.4, 0.5) is 4.79 Å². The van der Waals surface area contributed by atoms with Gasteiger partial charge >= 0.3 is 12.0 Å². The molecule has 126 valence electrons. The Balaban J connectivity index is 1.88. The van der Waals surface area contributed by atoms with Gasteiger partial charge < -0.3 is 24.3 Å². The van der Waals surface area contributed by atoms with E-state index in [4.69, 9.17) is 14.2 Å². The SMILES string of the molecule is COC(=O)CN1C(=O)N/C(=C/c2cc(OC)c3c(c2)OCO3)C1=O. The van der Waals surface area contributed by atoms with E-state index in [1.807, 2.05) is 0 Å². The Kier molecular flexibility index (Phi) is 3.98. The van der Waals surface area contributed by atoms with Gasteiger partial charge in [0.25, 0.3) is 5.91 Å². The lowest BCUT2D eigenvalue weighted by Crippen LogP contribution is -2.36. The first-order chi connectivity index (χ1) is 11.5. The third-order valence-electron chi connectivity index (χ3n) is 3.47. The molecule has 9 nitrogen and oxygen atoms in total. The van der Waals surface area contributed by atoms with E-state index in [0.29, 0.717) is 22.8 Å². The van der Waals surface area contributed by atoms with E-state index in [9.17, 15) is 14.4 Å². The second-order valence-corrected chi connectivity index (χ2v) is 4.91. The number of imide groups is 1. The standard InChI is InChI=1S/C15H14N2O7/c1-21-10-4-8(5-11-13(10)24-7-23-11)3-9-14(19)17(15(20)16-9)6-12(18)22-2/h3-5H,6-7H2,1-2H3,(H,16,20)/b9-3+. The van der Waals surface area contributed by atoms with Crippen molar-refractivity contribution in [2.45, 2.75) is 0 Å². The highest BCUT2D eigenvalue weighted by Crippen LogP contribution is 2.42. The van der Waals surface area contributed by atoms with Crippen molar-refractivity contribution >= 4 is 24.0 Å². The van der Waals surface area contributed by atoms with E-state index in [1.54, 1.807) is 12.1 Å². The van der Waals surface area contributed by atoms with Gasteiger partial charge in [0.1, 0.15) is 12.2 Å². The lowest BCUT2D eigenvalue weighted by molar-refractivity contribution is -0.143. The third-order valence-corrected chi connectivity index (χ3v) is 3.47. The number of fused-ring (bicyclic) bond motifs is 1. The first kappa shape index (κ1) is 15.7. The van der Waals surface area contributed by atoms with E-state index >= 15 is 0 Å². The monoisotopic (exact) mass is 334 g/mol. The molecule has 0 atom stereocenters. The number of carbonyl (C=O) groups is 3. The second-order valence-electron chi connectivity index (χ2n) is 4.91. The summed E-state index contributed by atoms with van der Waals surface area (Å²) in [4.78, 5) is 36.1. The number of esters is 1. The lowest BCUT2D eigenvalue weighted by atomic mass is 10.1. The van der Waals surface area contributed by atoms with Crippen molar-refractivity contribution < 1.29 is 33.3 Å². The van der Waals surface area contributed by atoms with Crippen LogP contribution in [0.5, 0.6) is 17.2 Å². The normalized spacial score (nSPS) is 17.2. The number of methoxy groups -OCH3 is 2. The van der Waals surface area contributed by atoms with Crippen LogP contribution in [0.2, 0.25) is 0 Å². The maximum Gasteiger partial charge on any atom is 0.329 e. The molecule has 1 aromatic carbocycles. The minimum Gasteiger partial charge on any atom is -0.493 e. The minimum absolute atomic E-state index is 0.0322. The number of benzene rings is 1. The Morgan fingerprint density at radius 3 is 2.83 bits per heavy atom. The largest absolute Gasteiger partial charge is 0.493 e. The van der Waals surface area contributed by atoms with Crippen LogP contribution in [0.15, 0.2) is 17.8 Å². The van der Waals surface area contributed by atoms with Crippen LogP contribution in [-0.2, 0) is 14.3 Å². The number of carbonyl (C=O) groups excluding carboxylic acids is 3. The molecule has 0 spiro atoms. The van der Waals surface area contributed by atoms with Crippen LogP contribution < -0.4 is 19.5 Å². The molecule has 0 unspecified atom stereocenters. The van der Waals surface area contributed by atoms with E-state index in [-0.39, 0.29) is 12.5 Å². The van der Waals surface area contributed by atoms with Crippen LogP contribution in [0.25, 0.3) is 6.08 Å². The van der Waals surface area contributed by atoms with Crippen molar-refractivity contribution in [3.63, 3.8) is 0 Å². The van der Waals surface area contributed by atoms with Crippen molar-refractivity contribution in [1.29, 1.82) is 0 Å². The number of hydrogen-bond donors (Lipinski definition) is 1. The molecule has 3 amide bonds. The van der Waals surface area contributed by atoms with Gasteiger partial charge in [-0.15, -0.1) is 0 Å². The number of amides is 3. The predicted molar refractivity (Wildman–Crippen MR) is 79.4 cm³/mol. The van der Waals surface area contributed by atoms with Crippen molar-refractivity contribution in [2.75, 3.05) is 27.6 Å². The number of nitrogens with one attached hydrogen (secondary N) is 1. The topological polar surface area (TPSA) is 103 Å². The van der Waals surface area contributed by atoms with Gasteiger partial charge in [-0.25, -0.2) is 9.69 Å². The summed E-state index contributed by atoms with van der Waals surface area (Å²) in [6.07, 6.45) is 1.46. The van der Waals surface area contributed by atoms with Crippen LogP contribution in [0, 0.1) is 0 Å². The molecule has 2 heterocycles. The summed E-state index contributed by atoms with van der Waals surface area (Å²) in [5, 5.41) is 2.41. The molecule has 0 radical (unpaired) electrons. The Labute approximate surface area is 136 Å². The lowest BCUT2D eigenvalue weighted by Gasteiger charge is -2.09. The smallest absolute Gasteiger partial charge is 0.329 e. The zero-order valence-corrected chi connectivity index (χ0v) is 13.0. The quantitative estimate of drug-likeness (QED) is 0.485. The van der Waals surface area contributed by atoms with Gasteiger partial charge in [-0.05, 0) is 23.8 Å². The average molecular weight is 334 g/mol. The summed E-state index contributed by atoms with van der Waals surface area (Å²) in [5.74, 6) is 0.0877. The molecular formula is C15H14N2O7. The third kappa shape index (κ3) is 2.71. The Morgan fingerprint density at radius 2 is 2.12 bits per heavy atom. The molecule has 2 aliphatic rings. The molecule has 0 aliphatic carbocycles. The van der Waals surface area contributed by atoms with Gasteiger partial charge in [-0.3, -0.25) is 9.59 Å². The molecule has 1 fully saturated rings. The minimum atomic E-state index is -0.690. The van der Waals surface area contributed by atoms with Crippen molar-refractivity contribution in [3.8, 4) is 17.2 Å². The fraction of sp³-hybridized carbons (Fsp3) is 0.267. The van der Waals surface area contributed by atoms with Crippen molar-refractivity contribution in [3.05, 3.63) is 23.4 Å². The Bertz CT molecular complexity index is 756. The number of rotatable bonds is 4. The number of urea groups is 1. The fourth-order valence-electron chi connectivity index (χ4n) is 2.31. The average Bonchev–Trinajstić information content (AvgIpc) is 3.14. The second kappa shape index (κ2) is 6.11. The summed E-state index contributed by atoms with van der Waals surface area (Å²) in [6, 6.07) is 2.60. The van der Waals surface area contributed by atoms with E-state index in [1.165, 1.54) is 20.3 Å². The van der Waals surface area contributed by atoms with Crippen molar-refractivity contribution in [1.82, 2.24) is 10.2 Å². The number of hydrogen-bond acceptors (Lipinski definition) is 7. The predicted octanol–water partition coefficient (Wildman–Crippen LogP) is 0.490. The van der Waals surface area contributed by atoms with Gasteiger partial charge in [-0.2, -0.15) is 0 Å². The van der Waals surface area contributed by atoms with Gasteiger partial charge in [0.2, 0.25) is 12.5 Å². The highest BCUT2D eigenvalue weighted by Gasteiger charge is 2.35. The highest BCUT2D eigenvalue weighted by molar-refractivity contribution is 6.15. The highest BCUT2D eigenvalue weighted by atomic mass is 16.7. The van der Waals surface area contributed by atoms with Crippen LogP contribution in [-0.4, -0.2) is 50.4 Å². The maximum absolute atomic E-state index is 12.2.